The minimum Gasteiger partial charge on any atom is -0.282 e. The van der Waals surface area contributed by atoms with Gasteiger partial charge < -0.3 is 0 Å². The van der Waals surface area contributed by atoms with Crippen molar-refractivity contribution in [3.8, 4) is 0 Å². The van der Waals surface area contributed by atoms with Crippen LogP contribution >= 0.6 is 10.9 Å². The van der Waals surface area contributed by atoms with Crippen LogP contribution < -0.4 is 0 Å². The van der Waals surface area contributed by atoms with E-state index in [0.717, 1.165) is 5.92 Å². The molecule has 0 spiro atoms. The van der Waals surface area contributed by atoms with Crippen molar-refractivity contribution in [1.82, 2.24) is 0 Å². The summed E-state index contributed by atoms with van der Waals surface area (Å²) >= 11 is 0. The molecule has 0 amide bonds. The van der Waals surface area contributed by atoms with E-state index in [1.807, 2.05) is 0 Å². The zero-order valence-corrected chi connectivity index (χ0v) is 8.35. The van der Waals surface area contributed by atoms with Crippen LogP contribution in [0.15, 0.2) is 4.99 Å². The third-order valence-corrected chi connectivity index (χ3v) is 4.16. The quantitative estimate of drug-likeness (QED) is 0.626. The third-order valence-electron chi connectivity index (χ3n) is 1.98. The normalized spacial score (nSPS) is 29.1. The topological polar surface area (TPSA) is 12.4 Å². The minimum atomic E-state index is 0.157. The SMILES string of the molecule is CCCC(C)C[SH]1C=N[CH]C1. The Hall–Kier alpha value is 0.0200. The Kier molecular flexibility index (Phi) is 3.98. The first kappa shape index (κ1) is 9.11. The molecule has 11 heavy (non-hydrogen) atoms. The molecule has 0 aromatic heterocycles. The Labute approximate surface area is 72.6 Å². The summed E-state index contributed by atoms with van der Waals surface area (Å²) in [6.07, 6.45) is 2.71. The Morgan fingerprint density at radius 3 is 3.00 bits per heavy atom. The summed E-state index contributed by atoms with van der Waals surface area (Å²) in [5.74, 6) is 3.54. The van der Waals surface area contributed by atoms with Gasteiger partial charge >= 0.3 is 0 Å². The monoisotopic (exact) mass is 172 g/mol. The fraction of sp³-hybridized carbons (Fsp3) is 0.778. The molecule has 1 rings (SSSR count). The van der Waals surface area contributed by atoms with Gasteiger partial charge in [0.25, 0.3) is 0 Å². The third kappa shape index (κ3) is 3.28. The largest absolute Gasteiger partial charge is 0.282 e. The lowest BCUT2D eigenvalue weighted by atomic mass is 10.1. The molecule has 0 bridgehead atoms. The zero-order valence-electron chi connectivity index (χ0n) is 7.45. The van der Waals surface area contributed by atoms with E-state index in [2.05, 4.69) is 30.9 Å². The lowest BCUT2D eigenvalue weighted by Gasteiger charge is -2.16. The number of hydrogen-bond acceptors (Lipinski definition) is 1. The van der Waals surface area contributed by atoms with Gasteiger partial charge in [-0.25, -0.2) is 10.9 Å². The number of aliphatic imine (C=N–C) groups is 1. The van der Waals surface area contributed by atoms with Gasteiger partial charge in [0.1, 0.15) is 0 Å². The summed E-state index contributed by atoms with van der Waals surface area (Å²) in [6, 6.07) is 0. The van der Waals surface area contributed by atoms with Crippen LogP contribution in [0.1, 0.15) is 26.7 Å². The molecule has 65 valence electrons. The molecule has 2 heteroatoms. The number of rotatable bonds is 4. The molecule has 2 unspecified atom stereocenters. The molecule has 1 aliphatic heterocycles. The van der Waals surface area contributed by atoms with Crippen LogP contribution in [0.3, 0.4) is 0 Å². The first-order valence-corrected chi connectivity index (χ1v) is 6.20. The highest BCUT2D eigenvalue weighted by atomic mass is 32.2. The second-order valence-corrected chi connectivity index (χ2v) is 5.43. The number of thiol groups is 1. The van der Waals surface area contributed by atoms with Crippen LogP contribution in [-0.2, 0) is 0 Å². The fourth-order valence-corrected chi connectivity index (χ4v) is 3.35. The molecule has 1 nitrogen and oxygen atoms in total. The fourth-order valence-electron chi connectivity index (χ4n) is 1.45. The average molecular weight is 172 g/mol. The molecular weight excluding hydrogens is 154 g/mol. The first-order chi connectivity index (χ1) is 5.33. The van der Waals surface area contributed by atoms with Crippen LogP contribution in [0.4, 0.5) is 0 Å². The lowest BCUT2D eigenvalue weighted by Crippen LogP contribution is -2.02. The minimum absolute atomic E-state index is 0.157. The molecule has 0 aromatic rings. The number of nitrogens with zero attached hydrogens (tertiary/aromatic N) is 1. The molecule has 1 aliphatic rings. The van der Waals surface area contributed by atoms with Gasteiger partial charge in [0, 0.05) is 11.3 Å². The van der Waals surface area contributed by atoms with Crippen molar-refractivity contribution in [2.45, 2.75) is 26.7 Å². The standard InChI is InChI=1S/C9H18NS/c1-3-4-9(2)7-11-6-5-10-8-11/h5,8-9,11H,3-4,6-7H2,1-2H3. The van der Waals surface area contributed by atoms with Gasteiger partial charge in [-0.15, -0.1) is 0 Å². The van der Waals surface area contributed by atoms with Gasteiger partial charge in [-0.3, -0.25) is 4.99 Å². The molecule has 0 fully saturated rings. The maximum absolute atomic E-state index is 4.16. The van der Waals surface area contributed by atoms with Crippen molar-refractivity contribution in [3.05, 3.63) is 6.54 Å². The molecular formula is C9H18NS. The highest BCUT2D eigenvalue weighted by Gasteiger charge is 2.10. The van der Waals surface area contributed by atoms with E-state index >= 15 is 0 Å². The summed E-state index contributed by atoms with van der Waals surface area (Å²) in [4.78, 5) is 4.16. The van der Waals surface area contributed by atoms with Crippen molar-refractivity contribution in [2.24, 2.45) is 10.9 Å². The molecule has 1 radical (unpaired) electrons. The van der Waals surface area contributed by atoms with E-state index in [4.69, 9.17) is 0 Å². The highest BCUT2D eigenvalue weighted by molar-refractivity contribution is 8.28. The second-order valence-electron chi connectivity index (χ2n) is 3.29. The number of hydrogen-bond donors (Lipinski definition) is 1. The van der Waals surface area contributed by atoms with E-state index in [0.29, 0.717) is 0 Å². The summed E-state index contributed by atoms with van der Waals surface area (Å²) < 4.78 is 0. The van der Waals surface area contributed by atoms with E-state index in [1.165, 1.54) is 24.3 Å². The van der Waals surface area contributed by atoms with E-state index in [1.54, 1.807) is 0 Å². The molecule has 2 atom stereocenters. The smallest absolute Gasteiger partial charge is 0.0812 e. The maximum Gasteiger partial charge on any atom is 0.0812 e. The maximum atomic E-state index is 4.16. The summed E-state index contributed by atoms with van der Waals surface area (Å²) in [7, 11) is 0.157. The Balaban J connectivity index is 2.13. The Morgan fingerprint density at radius 1 is 1.64 bits per heavy atom. The van der Waals surface area contributed by atoms with Crippen molar-refractivity contribution < 1.29 is 0 Å². The van der Waals surface area contributed by atoms with E-state index in [-0.39, 0.29) is 10.9 Å². The van der Waals surface area contributed by atoms with Crippen LogP contribution in [0.2, 0.25) is 0 Å². The van der Waals surface area contributed by atoms with Crippen molar-refractivity contribution in [1.29, 1.82) is 0 Å². The van der Waals surface area contributed by atoms with Gasteiger partial charge in [-0.2, -0.15) is 0 Å². The van der Waals surface area contributed by atoms with Crippen molar-refractivity contribution in [3.63, 3.8) is 0 Å². The van der Waals surface area contributed by atoms with Gasteiger partial charge in [0.15, 0.2) is 0 Å². The molecule has 0 aromatic carbocycles. The summed E-state index contributed by atoms with van der Waals surface area (Å²) in [6.45, 7) is 6.68. The van der Waals surface area contributed by atoms with Gasteiger partial charge in [-0.05, 0) is 11.7 Å². The van der Waals surface area contributed by atoms with Gasteiger partial charge in [0.2, 0.25) is 0 Å². The first-order valence-electron chi connectivity index (χ1n) is 4.42. The summed E-state index contributed by atoms with van der Waals surface area (Å²) in [5, 5.41) is 0. The molecule has 0 saturated carbocycles. The van der Waals surface area contributed by atoms with Gasteiger partial charge in [0.05, 0.1) is 6.54 Å². The van der Waals surface area contributed by atoms with Crippen LogP contribution in [0, 0.1) is 12.5 Å². The Morgan fingerprint density at radius 2 is 2.45 bits per heavy atom. The molecule has 1 heterocycles. The predicted octanol–water partition coefficient (Wildman–Crippen LogP) is 2.63. The van der Waals surface area contributed by atoms with Crippen LogP contribution in [-0.4, -0.2) is 17.1 Å². The molecule has 0 saturated heterocycles. The Bertz CT molecular complexity index is 134. The predicted molar refractivity (Wildman–Crippen MR) is 55.6 cm³/mol. The van der Waals surface area contributed by atoms with Crippen molar-refractivity contribution >= 4 is 16.4 Å². The second kappa shape index (κ2) is 4.81. The van der Waals surface area contributed by atoms with Crippen LogP contribution in [0.25, 0.3) is 0 Å². The van der Waals surface area contributed by atoms with E-state index < -0.39 is 0 Å². The molecule has 0 N–H and O–H groups in total. The van der Waals surface area contributed by atoms with Crippen molar-refractivity contribution in [2.75, 3.05) is 11.5 Å². The van der Waals surface area contributed by atoms with Gasteiger partial charge in [-0.1, -0.05) is 26.7 Å². The van der Waals surface area contributed by atoms with E-state index in [9.17, 15) is 0 Å². The summed E-state index contributed by atoms with van der Waals surface area (Å²) in [5.41, 5.74) is 2.17. The average Bonchev–Trinajstić information content (AvgIpc) is 2.40. The molecule has 0 aliphatic carbocycles. The van der Waals surface area contributed by atoms with Crippen LogP contribution in [0.5, 0.6) is 0 Å². The highest BCUT2D eigenvalue weighted by Crippen LogP contribution is 2.31. The lowest BCUT2D eigenvalue weighted by molar-refractivity contribution is 0.585. The zero-order chi connectivity index (χ0) is 8.10.